The number of rotatable bonds is 7. The predicted octanol–water partition coefficient (Wildman–Crippen LogP) is 1.64. The van der Waals surface area contributed by atoms with Gasteiger partial charge < -0.3 is 16.3 Å². The molecule has 8 heteroatoms. The lowest BCUT2D eigenvalue weighted by molar-refractivity contribution is -0.125. The predicted molar refractivity (Wildman–Crippen MR) is 55.6 cm³/mol. The molecule has 0 saturated carbocycles. The van der Waals surface area contributed by atoms with Crippen molar-refractivity contribution in [2.24, 2.45) is 16.3 Å². The zero-order valence-corrected chi connectivity index (χ0v) is 9.68. The molecule has 0 spiro atoms. The Labute approximate surface area is 96.9 Å². The van der Waals surface area contributed by atoms with E-state index in [-0.39, 0.29) is 18.8 Å². The molecule has 0 rings (SSSR count). The second-order valence-corrected chi connectivity index (χ2v) is 4.36. The molecule has 0 aliphatic rings. The van der Waals surface area contributed by atoms with Gasteiger partial charge in [0.15, 0.2) is 0 Å². The molecule has 0 amide bonds. The maximum atomic E-state index is 12.5. The molecule has 4 N–H and O–H groups in total. The van der Waals surface area contributed by atoms with Crippen LogP contribution in [0.1, 0.15) is 20.3 Å². The van der Waals surface area contributed by atoms with Crippen molar-refractivity contribution in [3.63, 3.8) is 0 Å². The lowest BCUT2D eigenvalue weighted by atomic mass is 9.88. The number of hydrogen-bond donors (Lipinski definition) is 3. The third-order valence-corrected chi connectivity index (χ3v) is 2.41. The van der Waals surface area contributed by atoms with Crippen LogP contribution < -0.4 is 11.1 Å². The Hall–Kier alpha value is -1.05. The van der Waals surface area contributed by atoms with E-state index in [4.69, 9.17) is 10.9 Å². The Morgan fingerprint density at radius 3 is 2.35 bits per heavy atom. The fourth-order valence-electron chi connectivity index (χ4n) is 0.997. The van der Waals surface area contributed by atoms with Gasteiger partial charge in [0.2, 0.25) is 0 Å². The highest BCUT2D eigenvalue weighted by Crippen LogP contribution is 2.22. The first kappa shape index (κ1) is 16.0. The quantitative estimate of drug-likeness (QED) is 0.162. The molecule has 0 bridgehead atoms. The highest BCUT2D eigenvalue weighted by Gasteiger charge is 2.40. The molecule has 17 heavy (non-hydrogen) atoms. The lowest BCUT2D eigenvalue weighted by Gasteiger charge is -2.23. The fourth-order valence-corrected chi connectivity index (χ4v) is 0.997. The number of hydrogen-bond acceptors (Lipinski definition) is 3. The molecule has 0 aliphatic heterocycles. The van der Waals surface area contributed by atoms with Gasteiger partial charge in [-0.2, -0.15) is 8.78 Å². The molecular formula is C9H17F4N3O. The molecule has 102 valence electrons. The van der Waals surface area contributed by atoms with Crippen LogP contribution in [0.25, 0.3) is 0 Å². The zero-order chi connectivity index (χ0) is 13.7. The number of nitrogens with two attached hydrogens (primary N) is 1. The third kappa shape index (κ3) is 5.20. The number of nitrogens with zero attached hydrogens (tertiary/aromatic N) is 1. The Bertz CT molecular complexity index is 269. The second kappa shape index (κ2) is 6.04. The lowest BCUT2D eigenvalue weighted by Crippen LogP contribution is -2.41. The molecule has 0 aromatic carbocycles. The van der Waals surface area contributed by atoms with E-state index in [2.05, 4.69) is 10.5 Å². The van der Waals surface area contributed by atoms with Crippen LogP contribution in [0.2, 0.25) is 0 Å². The Kier molecular flexibility index (Phi) is 5.67. The molecule has 4 nitrogen and oxygen atoms in total. The number of nitrogens with one attached hydrogen (secondary N) is 1. The third-order valence-electron chi connectivity index (χ3n) is 2.41. The van der Waals surface area contributed by atoms with Gasteiger partial charge in [0.05, 0.1) is 6.54 Å². The smallest absolute Gasteiger partial charge is 0.319 e. The zero-order valence-electron chi connectivity index (χ0n) is 9.68. The first-order valence-electron chi connectivity index (χ1n) is 4.98. The summed E-state index contributed by atoms with van der Waals surface area (Å²) in [6.07, 6.45) is -3.41. The summed E-state index contributed by atoms with van der Waals surface area (Å²) >= 11 is 0. The number of oxime groups is 1. The normalized spacial score (nSPS) is 14.4. The minimum atomic E-state index is -4.04. The molecule has 0 aromatic heterocycles. The van der Waals surface area contributed by atoms with Gasteiger partial charge in [0.25, 0.3) is 0 Å². The van der Waals surface area contributed by atoms with Crippen LogP contribution in [0.3, 0.4) is 0 Å². The van der Waals surface area contributed by atoms with E-state index in [1.165, 1.54) is 0 Å². The summed E-state index contributed by atoms with van der Waals surface area (Å²) in [5.74, 6) is -4.08. The molecule has 0 atom stereocenters. The molecule has 0 unspecified atom stereocenters. The largest absolute Gasteiger partial charge is 0.409 e. The van der Waals surface area contributed by atoms with Gasteiger partial charge >= 0.3 is 12.3 Å². The van der Waals surface area contributed by atoms with E-state index in [1.54, 1.807) is 13.8 Å². The Balaban J connectivity index is 4.02. The van der Waals surface area contributed by atoms with Crippen LogP contribution in [0, 0.1) is 5.41 Å². The number of halogens is 4. The van der Waals surface area contributed by atoms with Gasteiger partial charge in [-0.15, -0.1) is 0 Å². The van der Waals surface area contributed by atoms with Crippen molar-refractivity contribution in [3.8, 4) is 0 Å². The van der Waals surface area contributed by atoms with Gasteiger partial charge in [-0.25, -0.2) is 8.78 Å². The fraction of sp³-hybridized carbons (Fsp3) is 0.889. The monoisotopic (exact) mass is 259 g/mol. The molecule has 0 fully saturated rings. The molecule has 0 aromatic rings. The van der Waals surface area contributed by atoms with Gasteiger partial charge in [0.1, 0.15) is 5.84 Å². The van der Waals surface area contributed by atoms with Crippen molar-refractivity contribution in [3.05, 3.63) is 0 Å². The minimum absolute atomic E-state index is 0.0417. The van der Waals surface area contributed by atoms with Gasteiger partial charge in [-0.1, -0.05) is 19.0 Å². The molecule has 0 aliphatic carbocycles. The maximum absolute atomic E-state index is 12.5. The summed E-state index contributed by atoms with van der Waals surface area (Å²) in [6.45, 7) is 2.26. The average molecular weight is 259 g/mol. The maximum Gasteiger partial charge on any atom is 0.319 e. The van der Waals surface area contributed by atoms with E-state index in [9.17, 15) is 17.6 Å². The van der Waals surface area contributed by atoms with Crippen molar-refractivity contribution in [2.45, 2.75) is 32.6 Å². The van der Waals surface area contributed by atoms with Crippen molar-refractivity contribution in [1.29, 1.82) is 0 Å². The summed E-state index contributed by atoms with van der Waals surface area (Å²) in [6, 6.07) is 0. The average Bonchev–Trinajstić information content (AvgIpc) is 2.23. The van der Waals surface area contributed by atoms with Crippen LogP contribution in [-0.2, 0) is 0 Å². The Morgan fingerprint density at radius 2 is 1.94 bits per heavy atom. The topological polar surface area (TPSA) is 70.6 Å². The van der Waals surface area contributed by atoms with Crippen molar-refractivity contribution in [1.82, 2.24) is 5.32 Å². The van der Waals surface area contributed by atoms with E-state index in [0.29, 0.717) is 0 Å². The van der Waals surface area contributed by atoms with Crippen LogP contribution in [0.15, 0.2) is 5.16 Å². The van der Waals surface area contributed by atoms with Crippen molar-refractivity contribution in [2.75, 3.05) is 13.1 Å². The number of amidine groups is 1. The summed E-state index contributed by atoms with van der Waals surface area (Å²) in [4.78, 5) is 0. The van der Waals surface area contributed by atoms with Crippen LogP contribution in [0.4, 0.5) is 17.6 Å². The van der Waals surface area contributed by atoms with E-state index in [0.717, 1.165) is 0 Å². The van der Waals surface area contributed by atoms with E-state index >= 15 is 0 Å². The minimum Gasteiger partial charge on any atom is -0.409 e. The van der Waals surface area contributed by atoms with Gasteiger partial charge in [-0.05, 0) is 13.0 Å². The summed E-state index contributed by atoms with van der Waals surface area (Å²) in [5, 5.41) is 13.5. The van der Waals surface area contributed by atoms with Gasteiger partial charge in [0, 0.05) is 5.41 Å². The first-order valence-corrected chi connectivity index (χ1v) is 4.98. The summed E-state index contributed by atoms with van der Waals surface area (Å²) in [7, 11) is 0. The molecule has 0 heterocycles. The van der Waals surface area contributed by atoms with Gasteiger partial charge in [-0.3, -0.25) is 0 Å². The first-order chi connectivity index (χ1) is 7.63. The highest BCUT2D eigenvalue weighted by molar-refractivity contribution is 5.85. The second-order valence-electron chi connectivity index (χ2n) is 4.36. The van der Waals surface area contributed by atoms with Crippen LogP contribution >= 0.6 is 0 Å². The summed E-state index contributed by atoms with van der Waals surface area (Å²) < 4.78 is 48.6. The number of alkyl halides is 4. The van der Waals surface area contributed by atoms with Crippen LogP contribution in [0.5, 0.6) is 0 Å². The molecular weight excluding hydrogens is 242 g/mol. The standard InChI is InChI=1S/C9H17F4N3O/c1-8(2,7(14)16-17)3-4-15-5-9(12,13)6(10)11/h6,15,17H,3-5H2,1-2H3,(H2,14,16). The molecule has 0 radical (unpaired) electrons. The highest BCUT2D eigenvalue weighted by atomic mass is 19.3. The van der Waals surface area contributed by atoms with E-state index < -0.39 is 24.3 Å². The van der Waals surface area contributed by atoms with E-state index in [1.807, 2.05) is 0 Å². The van der Waals surface area contributed by atoms with Crippen molar-refractivity contribution >= 4 is 5.84 Å². The Morgan fingerprint density at radius 1 is 1.41 bits per heavy atom. The van der Waals surface area contributed by atoms with Crippen molar-refractivity contribution < 1.29 is 22.8 Å². The SMILES string of the molecule is CC(C)(CCNCC(F)(F)C(F)F)C(N)=NO. The summed E-state index contributed by atoms with van der Waals surface area (Å²) in [5.41, 5.74) is 4.68. The van der Waals surface area contributed by atoms with Crippen LogP contribution in [-0.4, -0.2) is 36.5 Å². The molecule has 0 saturated heterocycles.